The fourth-order valence-corrected chi connectivity index (χ4v) is 16.9. The Kier molecular flexibility index (Phi) is 11.6. The molecule has 0 bridgehead atoms. The maximum absolute atomic E-state index is 7.39. The van der Waals surface area contributed by atoms with Gasteiger partial charge in [0.25, 0.3) is 0 Å². The van der Waals surface area contributed by atoms with Crippen molar-refractivity contribution in [1.82, 2.24) is 0 Å². The van der Waals surface area contributed by atoms with Gasteiger partial charge in [0.2, 0.25) is 0 Å². The number of benzene rings is 6. The first-order valence-electron chi connectivity index (χ1n) is 16.5. The molecule has 0 saturated heterocycles. The highest BCUT2D eigenvalue weighted by Crippen LogP contribution is 2.27. The molecule has 0 heterocycles. The van der Waals surface area contributed by atoms with Crippen LogP contribution in [0.4, 0.5) is 0 Å². The number of hydrogen-bond donors (Lipinski definition) is 0. The van der Waals surface area contributed by atoms with Crippen molar-refractivity contribution in [2.24, 2.45) is 0 Å². The lowest BCUT2D eigenvalue weighted by atomic mass is 10.2. The average molecular weight is 663 g/mol. The molecule has 0 amide bonds. The van der Waals surface area contributed by atoms with Crippen LogP contribution in [0.25, 0.3) is 0 Å². The maximum Gasteiger partial charge on any atom is 0.410 e. The summed E-state index contributed by atoms with van der Waals surface area (Å²) in [5.41, 5.74) is 7.98. The molecule has 0 N–H and O–H groups in total. The van der Waals surface area contributed by atoms with Gasteiger partial charge in [-0.1, -0.05) is 182 Å². The minimum Gasteiger partial charge on any atom is -0.433 e. The maximum atomic E-state index is 7.39. The molecular formula is C42H42O2Si3. The third-order valence-electron chi connectivity index (χ3n) is 8.73. The zero-order chi connectivity index (χ0) is 32.0. The molecule has 0 aliphatic heterocycles. The summed E-state index contributed by atoms with van der Waals surface area (Å²) in [7, 11) is -5.00. The van der Waals surface area contributed by atoms with Gasteiger partial charge in [-0.2, -0.15) is 0 Å². The quantitative estimate of drug-likeness (QED) is 0.0963. The summed E-state index contributed by atoms with van der Waals surface area (Å²) in [6.07, 6.45) is 0. The molecule has 6 aromatic rings. The monoisotopic (exact) mass is 662 g/mol. The van der Waals surface area contributed by atoms with E-state index >= 15 is 0 Å². The van der Waals surface area contributed by atoms with Crippen LogP contribution in [0, 0.1) is 0 Å². The summed E-state index contributed by atoms with van der Waals surface area (Å²) in [6, 6.07) is 71.0. The molecule has 0 fully saturated rings. The van der Waals surface area contributed by atoms with Crippen LogP contribution in [-0.2, 0) is 44.5 Å². The smallest absolute Gasteiger partial charge is 0.410 e. The Morgan fingerprint density at radius 1 is 0.277 bits per heavy atom. The van der Waals surface area contributed by atoms with Crippen molar-refractivity contribution in [1.29, 1.82) is 0 Å². The van der Waals surface area contributed by atoms with Crippen molar-refractivity contribution in [3.8, 4) is 0 Å². The first kappa shape index (κ1) is 32.8. The van der Waals surface area contributed by atoms with Crippen LogP contribution in [-0.4, -0.2) is 26.6 Å². The van der Waals surface area contributed by atoms with Gasteiger partial charge in [0.15, 0.2) is 16.6 Å². The van der Waals surface area contributed by atoms with Gasteiger partial charge >= 0.3 is 10.0 Å². The van der Waals surface area contributed by atoms with Gasteiger partial charge < -0.3 is 8.23 Å². The topological polar surface area (TPSA) is 18.5 Å². The standard InChI is InChI=1S/C42H42O2Si3/c1-7-19-37(20-8-1)31-46(32-38-21-9-2-10-22-38,33-39-23-11-3-12-24-39)43-45-44-47(34-40-25-13-4-14-26-40,35-41-27-15-5-16-28-41)36-42-29-17-6-18-30-42/h1-30H,31-36H2. The van der Waals surface area contributed by atoms with E-state index in [0.717, 1.165) is 36.3 Å². The molecule has 5 heteroatoms. The van der Waals surface area contributed by atoms with E-state index in [4.69, 9.17) is 8.23 Å². The van der Waals surface area contributed by atoms with E-state index in [2.05, 4.69) is 182 Å². The molecule has 2 nitrogen and oxygen atoms in total. The fraction of sp³-hybridized carbons (Fsp3) is 0.143. The van der Waals surface area contributed by atoms with Crippen molar-refractivity contribution in [3.05, 3.63) is 215 Å². The van der Waals surface area contributed by atoms with E-state index in [1.807, 2.05) is 0 Å². The normalized spacial score (nSPS) is 11.7. The molecule has 0 unspecified atom stereocenters. The van der Waals surface area contributed by atoms with Crippen LogP contribution in [0.15, 0.2) is 182 Å². The summed E-state index contributed by atoms with van der Waals surface area (Å²) in [5.74, 6) is 0. The molecule has 0 aromatic heterocycles. The van der Waals surface area contributed by atoms with Crippen molar-refractivity contribution in [2.75, 3.05) is 0 Å². The van der Waals surface area contributed by atoms with Gasteiger partial charge in [-0.05, 0) is 69.6 Å². The number of rotatable bonds is 16. The average Bonchev–Trinajstić information content (AvgIpc) is 3.11. The molecule has 47 heavy (non-hydrogen) atoms. The van der Waals surface area contributed by atoms with Crippen LogP contribution >= 0.6 is 0 Å². The van der Waals surface area contributed by atoms with Gasteiger partial charge in [-0.3, -0.25) is 0 Å². The first-order valence-corrected chi connectivity index (χ1v) is 22.4. The lowest BCUT2D eigenvalue weighted by molar-refractivity contribution is 0.428. The predicted octanol–water partition coefficient (Wildman–Crippen LogP) is 9.14. The van der Waals surface area contributed by atoms with Crippen molar-refractivity contribution < 1.29 is 8.23 Å². The SMILES string of the molecule is c1ccc(C[Si](Cc2ccccc2)(Cc2ccccc2)O[Si]O[Si](Cc2ccccc2)(Cc2ccccc2)Cc2ccccc2)cc1. The number of hydrogen-bond acceptors (Lipinski definition) is 2. The van der Waals surface area contributed by atoms with Crippen molar-refractivity contribution in [3.63, 3.8) is 0 Å². The Labute approximate surface area is 285 Å². The van der Waals surface area contributed by atoms with Gasteiger partial charge in [0.05, 0.1) is 0 Å². The Bertz CT molecular complexity index is 1400. The van der Waals surface area contributed by atoms with E-state index in [0.29, 0.717) is 0 Å². The van der Waals surface area contributed by atoms with E-state index in [-0.39, 0.29) is 10.0 Å². The molecule has 0 spiro atoms. The molecule has 234 valence electrons. The van der Waals surface area contributed by atoms with Gasteiger partial charge in [-0.15, -0.1) is 0 Å². The molecule has 6 aromatic carbocycles. The minimum atomic E-state index is -2.48. The molecule has 2 radical (unpaired) electrons. The molecule has 6 rings (SSSR count). The molecule has 0 atom stereocenters. The van der Waals surface area contributed by atoms with Crippen LogP contribution in [0.1, 0.15) is 33.4 Å². The van der Waals surface area contributed by atoms with Crippen LogP contribution < -0.4 is 0 Å². The van der Waals surface area contributed by atoms with E-state index in [1.54, 1.807) is 0 Å². The highest BCUT2D eigenvalue weighted by Gasteiger charge is 2.40. The largest absolute Gasteiger partial charge is 0.433 e. The highest BCUT2D eigenvalue weighted by atomic mass is 28.4. The predicted molar refractivity (Wildman–Crippen MR) is 200 cm³/mol. The molecule has 0 saturated carbocycles. The second-order valence-corrected chi connectivity index (χ2v) is 21.3. The van der Waals surface area contributed by atoms with Crippen molar-refractivity contribution in [2.45, 2.75) is 36.3 Å². The second-order valence-electron chi connectivity index (χ2n) is 12.6. The highest BCUT2D eigenvalue weighted by molar-refractivity contribution is 6.79. The zero-order valence-corrected chi connectivity index (χ0v) is 29.9. The second kappa shape index (κ2) is 16.6. The Balaban J connectivity index is 1.37. The van der Waals surface area contributed by atoms with Crippen LogP contribution in [0.3, 0.4) is 0 Å². The first-order chi connectivity index (χ1) is 23.2. The van der Waals surface area contributed by atoms with E-state index in [9.17, 15) is 0 Å². The van der Waals surface area contributed by atoms with Crippen LogP contribution in [0.5, 0.6) is 0 Å². The molecule has 0 aliphatic rings. The zero-order valence-electron chi connectivity index (χ0n) is 26.9. The van der Waals surface area contributed by atoms with Crippen molar-refractivity contribution >= 4 is 26.6 Å². The Morgan fingerprint density at radius 2 is 0.447 bits per heavy atom. The summed E-state index contributed by atoms with van der Waals surface area (Å²) in [5, 5.41) is 0. The third-order valence-corrected chi connectivity index (χ3v) is 19.2. The fourth-order valence-electron chi connectivity index (χ4n) is 6.60. The third kappa shape index (κ3) is 9.94. The lowest BCUT2D eigenvalue weighted by Crippen LogP contribution is -2.53. The van der Waals surface area contributed by atoms with Gasteiger partial charge in [-0.25, -0.2) is 0 Å². The van der Waals surface area contributed by atoms with E-state index in [1.165, 1.54) is 33.4 Å². The van der Waals surface area contributed by atoms with E-state index < -0.39 is 16.6 Å². The minimum absolute atomic E-state index is 0.0313. The molecule has 0 aliphatic carbocycles. The Hall–Kier alpha value is -4.11. The molecular weight excluding hydrogens is 621 g/mol. The summed E-state index contributed by atoms with van der Waals surface area (Å²) in [4.78, 5) is 0. The summed E-state index contributed by atoms with van der Waals surface area (Å²) >= 11 is 0. The summed E-state index contributed by atoms with van der Waals surface area (Å²) < 4.78 is 14.8. The van der Waals surface area contributed by atoms with Crippen LogP contribution in [0.2, 0.25) is 0 Å². The lowest BCUT2D eigenvalue weighted by Gasteiger charge is -2.36. The van der Waals surface area contributed by atoms with Gasteiger partial charge in [0.1, 0.15) is 0 Å². The Morgan fingerprint density at radius 3 is 0.617 bits per heavy atom. The van der Waals surface area contributed by atoms with Gasteiger partial charge in [0, 0.05) is 0 Å². The summed E-state index contributed by atoms with van der Waals surface area (Å²) in [6.45, 7) is 0.